The zero-order valence-corrected chi connectivity index (χ0v) is 20.4. The highest BCUT2D eigenvalue weighted by molar-refractivity contribution is 7.99. The number of benzene rings is 3. The lowest BCUT2D eigenvalue weighted by Crippen LogP contribution is -2.23. The third-order valence-corrected chi connectivity index (χ3v) is 6.70. The number of anilines is 1. The van der Waals surface area contributed by atoms with Gasteiger partial charge in [0.2, 0.25) is 5.91 Å². The van der Waals surface area contributed by atoms with Gasteiger partial charge in [-0.25, -0.2) is 4.98 Å². The number of rotatable bonds is 6. The molecule has 0 radical (unpaired) electrons. The van der Waals surface area contributed by atoms with E-state index in [4.69, 9.17) is 11.6 Å². The minimum absolute atomic E-state index is 0.158. The third kappa shape index (κ3) is 5.44. The largest absolute Gasteiger partial charge is 0.416 e. The molecule has 4 rings (SSSR count). The maximum atomic E-state index is 13.4. The molecule has 8 nitrogen and oxygen atoms in total. The van der Waals surface area contributed by atoms with Crippen LogP contribution in [0.4, 0.5) is 24.5 Å². The predicted molar refractivity (Wildman–Crippen MR) is 135 cm³/mol. The van der Waals surface area contributed by atoms with Gasteiger partial charge in [0.25, 0.3) is 11.2 Å². The Morgan fingerprint density at radius 1 is 1.16 bits per heavy atom. The molecule has 37 heavy (non-hydrogen) atoms. The molecular formula is C24H16ClF3N4O4S. The van der Waals surface area contributed by atoms with E-state index in [1.807, 2.05) is 0 Å². The first-order chi connectivity index (χ1) is 17.5. The van der Waals surface area contributed by atoms with E-state index in [0.717, 1.165) is 17.8 Å². The van der Waals surface area contributed by atoms with Gasteiger partial charge in [-0.1, -0.05) is 41.6 Å². The summed E-state index contributed by atoms with van der Waals surface area (Å²) < 4.78 is 40.2. The lowest BCUT2D eigenvalue weighted by molar-refractivity contribution is -0.384. The number of carbonyl (C=O) groups is 1. The van der Waals surface area contributed by atoms with Crippen LogP contribution in [0.5, 0.6) is 0 Å². The number of amides is 1. The lowest BCUT2D eigenvalue weighted by Gasteiger charge is -2.16. The highest BCUT2D eigenvalue weighted by Gasteiger charge is 2.33. The summed E-state index contributed by atoms with van der Waals surface area (Å²) in [6, 6.07) is 13.5. The number of hydrogen-bond acceptors (Lipinski definition) is 6. The van der Waals surface area contributed by atoms with E-state index < -0.39 is 39.5 Å². The number of carbonyl (C=O) groups excluding carboxylic acids is 1. The van der Waals surface area contributed by atoms with Crippen molar-refractivity contribution < 1.29 is 22.9 Å². The summed E-state index contributed by atoms with van der Waals surface area (Å²) in [5.41, 5.74) is -1.44. The van der Waals surface area contributed by atoms with Crippen molar-refractivity contribution in [3.8, 4) is 5.69 Å². The Morgan fingerprint density at radius 3 is 2.59 bits per heavy atom. The van der Waals surface area contributed by atoms with Crippen LogP contribution in [0.3, 0.4) is 0 Å². The average molecular weight is 549 g/mol. The number of alkyl halides is 3. The zero-order valence-electron chi connectivity index (χ0n) is 18.9. The SMILES string of the molecule is Cc1c(Cl)cccc1-n1c(SCC(=O)Nc2ccc(C(F)(F)F)cc2[N+](=O)[O-])nc2ccccc2c1=O. The Morgan fingerprint density at radius 2 is 1.89 bits per heavy atom. The fraction of sp³-hybridized carbons (Fsp3) is 0.125. The number of aromatic nitrogens is 2. The molecule has 3 aromatic carbocycles. The number of thioether (sulfide) groups is 1. The number of fused-ring (bicyclic) bond motifs is 1. The van der Waals surface area contributed by atoms with Gasteiger partial charge in [-0.3, -0.25) is 24.3 Å². The van der Waals surface area contributed by atoms with Crippen LogP contribution in [0.2, 0.25) is 5.02 Å². The first-order valence-corrected chi connectivity index (χ1v) is 11.9. The van der Waals surface area contributed by atoms with E-state index in [0.29, 0.717) is 39.3 Å². The maximum Gasteiger partial charge on any atom is 0.416 e. The van der Waals surface area contributed by atoms with Crippen LogP contribution in [0.25, 0.3) is 16.6 Å². The predicted octanol–water partition coefficient (Wildman–Crippen LogP) is 6.01. The van der Waals surface area contributed by atoms with Crippen LogP contribution in [-0.4, -0.2) is 26.1 Å². The molecule has 1 aromatic heterocycles. The molecule has 0 saturated carbocycles. The Kier molecular flexibility index (Phi) is 7.23. The van der Waals surface area contributed by atoms with Gasteiger partial charge >= 0.3 is 6.18 Å². The first kappa shape index (κ1) is 26.2. The van der Waals surface area contributed by atoms with Crippen molar-refractivity contribution in [2.45, 2.75) is 18.3 Å². The van der Waals surface area contributed by atoms with E-state index in [9.17, 15) is 32.9 Å². The second-order valence-electron chi connectivity index (χ2n) is 7.76. The molecular weight excluding hydrogens is 533 g/mol. The molecule has 1 amide bonds. The summed E-state index contributed by atoms with van der Waals surface area (Å²) in [5, 5.41) is 14.5. The number of nitrogens with zero attached hydrogens (tertiary/aromatic N) is 3. The van der Waals surface area contributed by atoms with Crippen LogP contribution < -0.4 is 10.9 Å². The van der Waals surface area contributed by atoms with Crippen LogP contribution in [0, 0.1) is 17.0 Å². The third-order valence-electron chi connectivity index (χ3n) is 5.35. The zero-order chi connectivity index (χ0) is 26.9. The molecule has 0 aliphatic carbocycles. The molecule has 0 atom stereocenters. The summed E-state index contributed by atoms with van der Waals surface area (Å²) in [6.07, 6.45) is -4.78. The number of para-hydroxylation sites is 1. The molecule has 190 valence electrons. The van der Waals surface area contributed by atoms with Gasteiger partial charge in [0.1, 0.15) is 5.69 Å². The molecule has 4 aromatic rings. The molecule has 0 fully saturated rings. The summed E-state index contributed by atoms with van der Waals surface area (Å²) in [6.45, 7) is 1.73. The van der Waals surface area contributed by atoms with E-state index in [1.165, 1.54) is 4.57 Å². The van der Waals surface area contributed by atoms with Crippen LogP contribution in [0.15, 0.2) is 70.6 Å². The minimum atomic E-state index is -4.78. The van der Waals surface area contributed by atoms with Crippen molar-refractivity contribution in [1.29, 1.82) is 0 Å². The topological polar surface area (TPSA) is 107 Å². The summed E-state index contributed by atoms with van der Waals surface area (Å²) in [7, 11) is 0. The number of hydrogen-bond donors (Lipinski definition) is 1. The van der Waals surface area contributed by atoms with E-state index in [-0.39, 0.29) is 10.9 Å². The second-order valence-corrected chi connectivity index (χ2v) is 9.11. The van der Waals surface area contributed by atoms with Crippen molar-refractivity contribution in [3.05, 3.63) is 97.3 Å². The van der Waals surface area contributed by atoms with Gasteiger partial charge in [-0.2, -0.15) is 13.2 Å². The molecule has 13 heteroatoms. The van der Waals surface area contributed by atoms with Gasteiger partial charge in [0, 0.05) is 11.1 Å². The first-order valence-electron chi connectivity index (χ1n) is 10.5. The molecule has 0 aliphatic rings. The smallest absolute Gasteiger partial charge is 0.320 e. The van der Waals surface area contributed by atoms with Crippen molar-refractivity contribution >= 4 is 51.5 Å². The molecule has 0 aliphatic heterocycles. The van der Waals surface area contributed by atoms with Gasteiger partial charge in [0.15, 0.2) is 5.16 Å². The van der Waals surface area contributed by atoms with Gasteiger partial charge in [-0.15, -0.1) is 0 Å². The molecule has 1 N–H and O–H groups in total. The van der Waals surface area contributed by atoms with Gasteiger partial charge < -0.3 is 5.32 Å². The van der Waals surface area contributed by atoms with Crippen molar-refractivity contribution in [1.82, 2.24) is 9.55 Å². The average Bonchev–Trinajstić information content (AvgIpc) is 2.84. The van der Waals surface area contributed by atoms with E-state index >= 15 is 0 Å². The van der Waals surface area contributed by atoms with Crippen molar-refractivity contribution in [2.24, 2.45) is 0 Å². The standard InChI is InChI=1S/C24H16ClF3N4O4S/c1-13-16(25)6-4-8-19(13)31-22(34)15-5-2-3-7-17(15)30-23(31)37-12-21(33)29-18-10-9-14(24(26,27)28)11-20(18)32(35)36/h2-11H,12H2,1H3,(H,29,33). The molecule has 0 unspecified atom stereocenters. The Hall–Kier alpha value is -3.90. The maximum absolute atomic E-state index is 13.4. The van der Waals surface area contributed by atoms with Crippen molar-refractivity contribution in [2.75, 3.05) is 11.1 Å². The van der Waals surface area contributed by atoms with Crippen LogP contribution >= 0.6 is 23.4 Å². The Labute approximate surface area is 216 Å². The number of halogens is 4. The number of nitro benzene ring substituents is 1. The monoisotopic (exact) mass is 548 g/mol. The van der Waals surface area contributed by atoms with Crippen molar-refractivity contribution in [3.63, 3.8) is 0 Å². The normalized spacial score (nSPS) is 11.5. The molecule has 0 bridgehead atoms. The molecule has 0 saturated heterocycles. The minimum Gasteiger partial charge on any atom is -0.320 e. The summed E-state index contributed by atoms with van der Waals surface area (Å²) in [5.74, 6) is -1.09. The van der Waals surface area contributed by atoms with Gasteiger partial charge in [-0.05, 0) is 48.9 Å². The fourth-order valence-electron chi connectivity index (χ4n) is 3.54. The Balaban J connectivity index is 1.67. The summed E-state index contributed by atoms with van der Waals surface area (Å²) in [4.78, 5) is 40.8. The molecule has 0 spiro atoms. The molecule has 1 heterocycles. The van der Waals surface area contributed by atoms with Gasteiger partial charge in [0.05, 0.1) is 32.8 Å². The van der Waals surface area contributed by atoms with Crippen LogP contribution in [0.1, 0.15) is 11.1 Å². The number of nitro groups is 1. The quantitative estimate of drug-likeness (QED) is 0.137. The van der Waals surface area contributed by atoms with Crippen LogP contribution in [-0.2, 0) is 11.0 Å². The lowest BCUT2D eigenvalue weighted by atomic mass is 10.1. The highest BCUT2D eigenvalue weighted by Crippen LogP contribution is 2.35. The van der Waals surface area contributed by atoms with E-state index in [1.54, 1.807) is 49.4 Å². The summed E-state index contributed by atoms with van der Waals surface area (Å²) >= 11 is 7.13. The second kappa shape index (κ2) is 10.2. The Bertz CT molecular complexity index is 1610. The highest BCUT2D eigenvalue weighted by atomic mass is 35.5. The fourth-order valence-corrected chi connectivity index (χ4v) is 4.52. The van der Waals surface area contributed by atoms with E-state index in [2.05, 4.69) is 10.3 Å². The number of nitrogens with one attached hydrogen (secondary N) is 1.